The summed E-state index contributed by atoms with van der Waals surface area (Å²) in [5.41, 5.74) is 1.74. The predicted octanol–water partition coefficient (Wildman–Crippen LogP) is 3.53. The molecule has 0 radical (unpaired) electrons. The Bertz CT molecular complexity index is 630. The van der Waals surface area contributed by atoms with Gasteiger partial charge < -0.3 is 4.52 Å². The highest BCUT2D eigenvalue weighted by atomic mass is 19.4. The Balaban J connectivity index is 2.14. The van der Waals surface area contributed by atoms with Crippen molar-refractivity contribution in [3.8, 4) is 11.4 Å². The molecule has 0 saturated carbocycles. The van der Waals surface area contributed by atoms with Gasteiger partial charge in [-0.2, -0.15) is 18.2 Å². The minimum absolute atomic E-state index is 0.162. The van der Waals surface area contributed by atoms with Gasteiger partial charge in [0.05, 0.1) is 6.42 Å². The topological polar surface area (TPSA) is 56.0 Å². The number of aromatic nitrogens is 2. The van der Waals surface area contributed by atoms with Crippen molar-refractivity contribution in [3.63, 3.8) is 0 Å². The Morgan fingerprint density at radius 2 is 1.86 bits per heavy atom. The van der Waals surface area contributed by atoms with Crippen LogP contribution in [0.1, 0.15) is 31.2 Å². The van der Waals surface area contributed by atoms with E-state index in [0.29, 0.717) is 11.5 Å². The van der Waals surface area contributed by atoms with Crippen molar-refractivity contribution in [3.05, 3.63) is 35.7 Å². The molecule has 0 spiro atoms. The molecule has 0 N–H and O–H groups in total. The van der Waals surface area contributed by atoms with Crippen molar-refractivity contribution in [1.82, 2.24) is 10.1 Å². The third-order valence-corrected chi connectivity index (χ3v) is 2.93. The lowest BCUT2D eigenvalue weighted by atomic mass is 10.0. The van der Waals surface area contributed by atoms with Crippen molar-refractivity contribution >= 4 is 5.78 Å². The van der Waals surface area contributed by atoms with Crippen LogP contribution in [0.5, 0.6) is 0 Å². The first-order chi connectivity index (χ1) is 9.77. The maximum Gasteiger partial charge on any atom is 0.450 e. The third kappa shape index (κ3) is 3.68. The quantitative estimate of drug-likeness (QED) is 0.866. The van der Waals surface area contributed by atoms with E-state index in [2.05, 4.69) is 14.7 Å². The van der Waals surface area contributed by atoms with Crippen molar-refractivity contribution < 1.29 is 22.5 Å². The van der Waals surface area contributed by atoms with Gasteiger partial charge in [0.15, 0.2) is 0 Å². The maximum atomic E-state index is 12.1. The Morgan fingerprint density at radius 1 is 1.24 bits per heavy atom. The molecule has 1 heterocycles. The zero-order valence-corrected chi connectivity index (χ0v) is 11.4. The first-order valence-electron chi connectivity index (χ1n) is 6.30. The van der Waals surface area contributed by atoms with E-state index in [1.807, 2.05) is 26.0 Å². The normalized spacial score (nSPS) is 11.9. The molecule has 0 aliphatic carbocycles. The number of nitrogens with zero attached hydrogens (tertiary/aromatic N) is 2. The second-order valence-electron chi connectivity index (χ2n) is 4.89. The Kier molecular flexibility index (Phi) is 4.11. The van der Waals surface area contributed by atoms with Gasteiger partial charge in [-0.25, -0.2) is 0 Å². The summed E-state index contributed by atoms with van der Waals surface area (Å²) in [7, 11) is 0. The third-order valence-electron chi connectivity index (χ3n) is 2.93. The van der Waals surface area contributed by atoms with Crippen LogP contribution >= 0.6 is 0 Å². The minimum Gasteiger partial charge on any atom is -0.338 e. The standard InChI is InChI=1S/C14H13F3N2O2/c1-8(2)9-3-5-10(6-4-9)13-18-12(21-19-13)7-11(20)14(15,16)17/h3-6,8H,7H2,1-2H3. The van der Waals surface area contributed by atoms with E-state index in [1.165, 1.54) is 0 Å². The second kappa shape index (κ2) is 5.67. The summed E-state index contributed by atoms with van der Waals surface area (Å²) >= 11 is 0. The average molecular weight is 298 g/mol. The number of carbonyl (C=O) groups excluding carboxylic acids is 1. The molecule has 0 atom stereocenters. The van der Waals surface area contributed by atoms with E-state index >= 15 is 0 Å². The molecule has 2 aromatic rings. The van der Waals surface area contributed by atoms with Crippen LogP contribution in [0.4, 0.5) is 13.2 Å². The number of benzene rings is 1. The molecule has 0 saturated heterocycles. The van der Waals surface area contributed by atoms with Crippen LogP contribution in [-0.4, -0.2) is 22.1 Å². The number of ketones is 1. The van der Waals surface area contributed by atoms with Crippen molar-refractivity contribution in [2.75, 3.05) is 0 Å². The number of hydrogen-bond donors (Lipinski definition) is 0. The molecule has 7 heteroatoms. The van der Waals surface area contributed by atoms with E-state index < -0.39 is 18.4 Å². The number of hydrogen-bond acceptors (Lipinski definition) is 4. The molecule has 1 aromatic heterocycles. The van der Waals surface area contributed by atoms with Crippen LogP contribution in [-0.2, 0) is 11.2 Å². The van der Waals surface area contributed by atoms with Crippen LogP contribution in [0.15, 0.2) is 28.8 Å². The summed E-state index contributed by atoms with van der Waals surface area (Å²) in [6.07, 6.45) is -5.84. The van der Waals surface area contributed by atoms with Gasteiger partial charge in [-0.15, -0.1) is 0 Å². The Labute approximate surface area is 119 Å². The Hall–Kier alpha value is -2.18. The molecule has 0 fully saturated rings. The van der Waals surface area contributed by atoms with Crippen LogP contribution in [0.2, 0.25) is 0 Å². The van der Waals surface area contributed by atoms with Crippen LogP contribution < -0.4 is 0 Å². The van der Waals surface area contributed by atoms with Crippen molar-refractivity contribution in [2.45, 2.75) is 32.4 Å². The monoisotopic (exact) mass is 298 g/mol. The summed E-state index contributed by atoms with van der Waals surface area (Å²) in [5.74, 6) is -1.73. The average Bonchev–Trinajstić information content (AvgIpc) is 2.86. The highest BCUT2D eigenvalue weighted by molar-refractivity contribution is 5.85. The molecule has 1 aromatic carbocycles. The predicted molar refractivity (Wildman–Crippen MR) is 68.6 cm³/mol. The fraction of sp³-hybridized carbons (Fsp3) is 0.357. The van der Waals surface area contributed by atoms with Gasteiger partial charge in [0.25, 0.3) is 0 Å². The van der Waals surface area contributed by atoms with Crippen LogP contribution in [0.3, 0.4) is 0 Å². The first-order valence-corrected chi connectivity index (χ1v) is 6.30. The van der Waals surface area contributed by atoms with Gasteiger partial charge >= 0.3 is 6.18 Å². The van der Waals surface area contributed by atoms with Crippen LogP contribution in [0, 0.1) is 0 Å². The number of carbonyl (C=O) groups is 1. The zero-order chi connectivity index (χ0) is 15.6. The summed E-state index contributed by atoms with van der Waals surface area (Å²) in [6, 6.07) is 7.29. The fourth-order valence-electron chi connectivity index (χ4n) is 1.70. The van der Waals surface area contributed by atoms with Gasteiger partial charge in [0.1, 0.15) is 0 Å². The fourth-order valence-corrected chi connectivity index (χ4v) is 1.70. The number of alkyl halides is 3. The highest BCUT2D eigenvalue weighted by Crippen LogP contribution is 2.22. The number of Topliss-reactive ketones (excluding diaryl/α,β-unsaturated/α-hetero) is 1. The summed E-state index contributed by atoms with van der Waals surface area (Å²) in [5, 5.41) is 3.59. The van der Waals surface area contributed by atoms with E-state index in [4.69, 9.17) is 0 Å². The molecule has 0 bridgehead atoms. The number of halogens is 3. The lowest BCUT2D eigenvalue weighted by Gasteiger charge is -2.04. The highest BCUT2D eigenvalue weighted by Gasteiger charge is 2.39. The summed E-state index contributed by atoms with van der Waals surface area (Å²) in [6.45, 7) is 4.09. The first kappa shape index (κ1) is 15.2. The zero-order valence-electron chi connectivity index (χ0n) is 11.4. The van der Waals surface area contributed by atoms with E-state index in [1.54, 1.807) is 12.1 Å². The molecule has 0 amide bonds. The van der Waals surface area contributed by atoms with Crippen molar-refractivity contribution in [1.29, 1.82) is 0 Å². The van der Waals surface area contributed by atoms with Gasteiger partial charge in [0, 0.05) is 5.56 Å². The van der Waals surface area contributed by atoms with Gasteiger partial charge in [-0.3, -0.25) is 4.79 Å². The van der Waals surface area contributed by atoms with Crippen molar-refractivity contribution in [2.24, 2.45) is 0 Å². The van der Waals surface area contributed by atoms with E-state index in [-0.39, 0.29) is 11.7 Å². The smallest absolute Gasteiger partial charge is 0.338 e. The Morgan fingerprint density at radius 3 is 2.38 bits per heavy atom. The minimum atomic E-state index is -4.90. The molecular formula is C14H13F3N2O2. The lowest BCUT2D eigenvalue weighted by Crippen LogP contribution is -2.24. The van der Waals surface area contributed by atoms with E-state index in [0.717, 1.165) is 5.56 Å². The van der Waals surface area contributed by atoms with Gasteiger partial charge in [-0.1, -0.05) is 43.3 Å². The molecule has 0 aliphatic heterocycles. The van der Waals surface area contributed by atoms with Crippen LogP contribution in [0.25, 0.3) is 11.4 Å². The molecule has 112 valence electrons. The van der Waals surface area contributed by atoms with E-state index in [9.17, 15) is 18.0 Å². The molecule has 2 rings (SSSR count). The maximum absolute atomic E-state index is 12.1. The number of rotatable bonds is 4. The molecular weight excluding hydrogens is 285 g/mol. The molecule has 0 unspecified atom stereocenters. The van der Waals surface area contributed by atoms with Gasteiger partial charge in [-0.05, 0) is 11.5 Å². The molecule has 0 aliphatic rings. The van der Waals surface area contributed by atoms with Gasteiger partial charge in [0.2, 0.25) is 17.5 Å². The molecule has 21 heavy (non-hydrogen) atoms. The second-order valence-corrected chi connectivity index (χ2v) is 4.89. The SMILES string of the molecule is CC(C)c1ccc(-c2noc(CC(=O)C(F)(F)F)n2)cc1. The molecule has 4 nitrogen and oxygen atoms in total. The lowest BCUT2D eigenvalue weighted by molar-refractivity contribution is -0.170. The summed E-state index contributed by atoms with van der Waals surface area (Å²) < 4.78 is 41.1. The summed E-state index contributed by atoms with van der Waals surface area (Å²) in [4.78, 5) is 14.7. The largest absolute Gasteiger partial charge is 0.450 e.